The van der Waals surface area contributed by atoms with Crippen LogP contribution in [-0.2, 0) is 6.54 Å². The summed E-state index contributed by atoms with van der Waals surface area (Å²) >= 11 is 1.56. The zero-order chi connectivity index (χ0) is 15.1. The number of aryl methyl sites for hydroxylation is 1. The largest absolute Gasteiger partial charge is 0.300 e. The average Bonchev–Trinajstić information content (AvgIpc) is 2.92. The molecule has 0 amide bonds. The molecule has 0 fully saturated rings. The number of hydrogen-bond acceptors (Lipinski definition) is 5. The van der Waals surface area contributed by atoms with E-state index in [1.165, 1.54) is 5.56 Å². The van der Waals surface area contributed by atoms with Gasteiger partial charge < -0.3 is 0 Å². The lowest BCUT2D eigenvalue weighted by atomic mass is 10.1. The highest BCUT2D eigenvalue weighted by atomic mass is 32.1. The zero-order valence-corrected chi connectivity index (χ0v) is 13.7. The quantitative estimate of drug-likeness (QED) is 0.625. The van der Waals surface area contributed by atoms with E-state index >= 15 is 0 Å². The van der Waals surface area contributed by atoms with E-state index in [-0.39, 0.29) is 0 Å². The van der Waals surface area contributed by atoms with Crippen molar-refractivity contribution in [1.82, 2.24) is 9.88 Å². The van der Waals surface area contributed by atoms with Gasteiger partial charge in [-0.05, 0) is 31.1 Å². The summed E-state index contributed by atoms with van der Waals surface area (Å²) in [5.41, 5.74) is 6.38. The molecule has 5 heteroatoms. The Bertz CT molecular complexity index is 570. The number of nitrogens with zero attached hydrogens (tertiary/aromatic N) is 3. The first-order chi connectivity index (χ1) is 10.2. The Morgan fingerprint density at radius 3 is 2.52 bits per heavy atom. The molecule has 0 radical (unpaired) electrons. The zero-order valence-electron chi connectivity index (χ0n) is 12.8. The summed E-state index contributed by atoms with van der Waals surface area (Å²) in [6.45, 7) is 9.52. The van der Waals surface area contributed by atoms with E-state index in [1.54, 1.807) is 11.3 Å². The van der Waals surface area contributed by atoms with Gasteiger partial charge in [-0.15, -0.1) is 11.3 Å². The topological polar surface area (TPSA) is 40.5 Å². The molecule has 1 aromatic carbocycles. The number of anilines is 1. The van der Waals surface area contributed by atoms with Gasteiger partial charge in [-0.3, -0.25) is 10.3 Å². The highest BCUT2D eigenvalue weighted by molar-refractivity contribution is 7.13. The number of thiazole rings is 1. The van der Waals surface area contributed by atoms with Crippen LogP contribution < -0.4 is 5.43 Å². The minimum Gasteiger partial charge on any atom is -0.300 e. The van der Waals surface area contributed by atoms with Crippen molar-refractivity contribution in [3.8, 4) is 0 Å². The molecule has 112 valence electrons. The van der Waals surface area contributed by atoms with Crippen molar-refractivity contribution in [2.45, 2.75) is 27.3 Å². The lowest BCUT2D eigenvalue weighted by molar-refractivity contribution is 0.296. The van der Waals surface area contributed by atoms with Crippen LogP contribution in [0.5, 0.6) is 0 Å². The summed E-state index contributed by atoms with van der Waals surface area (Å²) < 4.78 is 0. The first-order valence-electron chi connectivity index (χ1n) is 7.23. The third kappa shape index (κ3) is 4.95. The van der Waals surface area contributed by atoms with Gasteiger partial charge in [-0.2, -0.15) is 5.10 Å². The van der Waals surface area contributed by atoms with Crippen LogP contribution in [0.4, 0.5) is 5.13 Å². The van der Waals surface area contributed by atoms with Crippen molar-refractivity contribution in [3.05, 3.63) is 46.5 Å². The molecule has 4 nitrogen and oxygen atoms in total. The first kappa shape index (κ1) is 15.7. The lowest BCUT2D eigenvalue weighted by Crippen LogP contribution is -2.21. The fourth-order valence-corrected chi connectivity index (χ4v) is 2.62. The number of aromatic nitrogens is 1. The standard InChI is InChI=1S/C16H22N4S/c1-4-20(5-2)11-15-8-6-14(7-9-15)10-17-19-16-18-13(3)12-21-16/h6-10,12H,4-5,11H2,1-3H3,(H,18,19). The maximum absolute atomic E-state index is 4.30. The van der Waals surface area contributed by atoms with Crippen LogP contribution in [0.3, 0.4) is 0 Å². The molecular formula is C16H22N4S. The van der Waals surface area contributed by atoms with Crippen molar-refractivity contribution in [2.24, 2.45) is 5.10 Å². The van der Waals surface area contributed by atoms with Gasteiger partial charge in [0.15, 0.2) is 0 Å². The summed E-state index contributed by atoms with van der Waals surface area (Å²) in [5, 5.41) is 7.03. The Balaban J connectivity index is 1.89. The lowest BCUT2D eigenvalue weighted by Gasteiger charge is -2.17. The Kier molecular flexibility index (Phi) is 5.90. The van der Waals surface area contributed by atoms with Gasteiger partial charge >= 0.3 is 0 Å². The van der Waals surface area contributed by atoms with E-state index < -0.39 is 0 Å². The molecule has 0 saturated heterocycles. The van der Waals surface area contributed by atoms with Gasteiger partial charge in [-0.25, -0.2) is 4.98 Å². The molecular weight excluding hydrogens is 280 g/mol. The molecule has 2 aromatic rings. The number of nitrogens with one attached hydrogen (secondary N) is 1. The van der Waals surface area contributed by atoms with Crippen LogP contribution in [0, 0.1) is 6.92 Å². The fourth-order valence-electron chi connectivity index (χ4n) is 1.98. The molecule has 0 saturated carbocycles. The Labute approximate surface area is 130 Å². The van der Waals surface area contributed by atoms with Gasteiger partial charge in [-0.1, -0.05) is 38.1 Å². The second kappa shape index (κ2) is 7.90. The monoisotopic (exact) mass is 302 g/mol. The van der Waals surface area contributed by atoms with Gasteiger partial charge in [0, 0.05) is 11.9 Å². The smallest absolute Gasteiger partial charge is 0.203 e. The molecule has 0 aliphatic heterocycles. The fraction of sp³-hybridized carbons (Fsp3) is 0.375. The van der Waals surface area contributed by atoms with E-state index in [9.17, 15) is 0 Å². The van der Waals surface area contributed by atoms with Gasteiger partial charge in [0.05, 0.1) is 11.9 Å². The summed E-state index contributed by atoms with van der Waals surface area (Å²) in [4.78, 5) is 6.69. The van der Waals surface area contributed by atoms with Crippen molar-refractivity contribution in [3.63, 3.8) is 0 Å². The number of rotatable bonds is 7. The van der Waals surface area contributed by atoms with Crippen molar-refractivity contribution in [1.29, 1.82) is 0 Å². The molecule has 0 atom stereocenters. The summed E-state index contributed by atoms with van der Waals surface area (Å²) in [6.07, 6.45) is 1.82. The predicted octanol–water partition coefficient (Wildman–Crippen LogP) is 3.74. The SMILES string of the molecule is CCN(CC)Cc1ccc(C=NNc2nc(C)cs2)cc1. The Hall–Kier alpha value is -1.72. The van der Waals surface area contributed by atoms with Gasteiger partial charge in [0.1, 0.15) is 0 Å². The van der Waals surface area contributed by atoms with E-state index in [4.69, 9.17) is 0 Å². The molecule has 1 heterocycles. The van der Waals surface area contributed by atoms with E-state index in [1.807, 2.05) is 18.5 Å². The summed E-state index contributed by atoms with van der Waals surface area (Å²) in [5.74, 6) is 0. The maximum Gasteiger partial charge on any atom is 0.203 e. The predicted molar refractivity (Wildman–Crippen MR) is 91.1 cm³/mol. The Morgan fingerprint density at radius 2 is 1.95 bits per heavy atom. The van der Waals surface area contributed by atoms with Crippen LogP contribution in [0.2, 0.25) is 0 Å². The normalized spacial score (nSPS) is 11.4. The second-order valence-electron chi connectivity index (χ2n) is 4.87. The first-order valence-corrected chi connectivity index (χ1v) is 8.11. The van der Waals surface area contributed by atoms with E-state index in [2.05, 4.69) is 58.5 Å². The molecule has 21 heavy (non-hydrogen) atoms. The van der Waals surface area contributed by atoms with Crippen molar-refractivity contribution < 1.29 is 0 Å². The number of hydrazone groups is 1. The van der Waals surface area contributed by atoms with Crippen LogP contribution in [0.15, 0.2) is 34.7 Å². The molecule has 1 aromatic heterocycles. The minimum atomic E-state index is 0.821. The molecule has 0 spiro atoms. The van der Waals surface area contributed by atoms with E-state index in [0.717, 1.165) is 36.0 Å². The Morgan fingerprint density at radius 1 is 1.24 bits per heavy atom. The third-order valence-corrected chi connectivity index (χ3v) is 4.14. The van der Waals surface area contributed by atoms with Crippen LogP contribution in [0.25, 0.3) is 0 Å². The summed E-state index contributed by atoms with van der Waals surface area (Å²) in [7, 11) is 0. The molecule has 1 N–H and O–H groups in total. The van der Waals surface area contributed by atoms with Gasteiger partial charge in [0.25, 0.3) is 0 Å². The highest BCUT2D eigenvalue weighted by Gasteiger charge is 2.00. The molecule has 0 unspecified atom stereocenters. The number of hydrogen-bond donors (Lipinski definition) is 1. The molecule has 0 aliphatic carbocycles. The van der Waals surface area contributed by atoms with Crippen molar-refractivity contribution in [2.75, 3.05) is 18.5 Å². The average molecular weight is 302 g/mol. The number of benzene rings is 1. The van der Waals surface area contributed by atoms with Crippen LogP contribution >= 0.6 is 11.3 Å². The third-order valence-electron chi connectivity index (χ3n) is 3.27. The minimum absolute atomic E-state index is 0.821. The van der Waals surface area contributed by atoms with Crippen LogP contribution in [0.1, 0.15) is 30.7 Å². The van der Waals surface area contributed by atoms with Crippen LogP contribution in [-0.4, -0.2) is 29.2 Å². The highest BCUT2D eigenvalue weighted by Crippen LogP contribution is 2.14. The molecule has 0 aliphatic rings. The van der Waals surface area contributed by atoms with Gasteiger partial charge in [0.2, 0.25) is 5.13 Å². The maximum atomic E-state index is 4.30. The van der Waals surface area contributed by atoms with E-state index in [0.29, 0.717) is 0 Å². The molecule has 2 rings (SSSR count). The summed E-state index contributed by atoms with van der Waals surface area (Å²) in [6, 6.07) is 8.51. The van der Waals surface area contributed by atoms with Crippen molar-refractivity contribution >= 4 is 22.7 Å². The second-order valence-corrected chi connectivity index (χ2v) is 5.73. The molecule has 0 bridgehead atoms.